The maximum absolute atomic E-state index is 13.8. The minimum atomic E-state index is -1.07. The average molecular weight is 355 g/mol. The highest BCUT2D eigenvalue weighted by atomic mass is 19.1. The van der Waals surface area contributed by atoms with Crippen LogP contribution in [0.25, 0.3) is 16.9 Å². The highest BCUT2D eigenvalue weighted by Gasteiger charge is 2.26. The van der Waals surface area contributed by atoms with Gasteiger partial charge in [0.2, 0.25) is 5.88 Å². The van der Waals surface area contributed by atoms with Crippen LogP contribution in [0, 0.1) is 0 Å². The first-order chi connectivity index (χ1) is 12.7. The van der Waals surface area contributed by atoms with Crippen LogP contribution in [-0.4, -0.2) is 50.4 Å². The van der Waals surface area contributed by atoms with Crippen LogP contribution in [0.2, 0.25) is 0 Å². The molecule has 1 aliphatic rings. The zero-order valence-electron chi connectivity index (χ0n) is 13.9. The van der Waals surface area contributed by atoms with Crippen molar-refractivity contribution in [3.63, 3.8) is 0 Å². The van der Waals surface area contributed by atoms with Crippen LogP contribution < -0.4 is 10.1 Å². The summed E-state index contributed by atoms with van der Waals surface area (Å²) in [5.74, 6) is 0.346. The smallest absolute Gasteiger partial charge is 0.233 e. The van der Waals surface area contributed by atoms with E-state index >= 15 is 0 Å². The summed E-state index contributed by atoms with van der Waals surface area (Å²) >= 11 is 0. The monoisotopic (exact) mass is 355 g/mol. The van der Waals surface area contributed by atoms with E-state index in [9.17, 15) is 9.50 Å². The van der Waals surface area contributed by atoms with Crippen molar-refractivity contribution in [3.05, 3.63) is 48.8 Å². The molecule has 3 heterocycles. The molecule has 2 N–H and O–H groups in total. The minimum Gasteiger partial charge on any atom is -0.507 e. The Morgan fingerprint density at radius 1 is 1.23 bits per heavy atom. The Bertz CT molecular complexity index is 870. The van der Waals surface area contributed by atoms with Gasteiger partial charge in [0, 0.05) is 36.6 Å². The fourth-order valence-corrected chi connectivity index (χ4v) is 2.91. The second kappa shape index (κ2) is 7.09. The van der Waals surface area contributed by atoms with Gasteiger partial charge in [-0.2, -0.15) is 5.10 Å². The van der Waals surface area contributed by atoms with E-state index in [0.717, 1.165) is 5.69 Å². The molecular formula is C18H18FN5O2. The lowest BCUT2D eigenvalue weighted by Crippen LogP contribution is -2.44. The number of phenols is 1. The number of halogens is 1. The van der Waals surface area contributed by atoms with E-state index in [2.05, 4.69) is 20.6 Å². The number of rotatable bonds is 4. The van der Waals surface area contributed by atoms with Gasteiger partial charge in [0.15, 0.2) is 0 Å². The normalized spacial score (nSPS) is 20.0. The maximum atomic E-state index is 13.8. The van der Waals surface area contributed by atoms with Crippen LogP contribution in [0.3, 0.4) is 0 Å². The van der Waals surface area contributed by atoms with Crippen LogP contribution >= 0.6 is 0 Å². The van der Waals surface area contributed by atoms with Crippen LogP contribution in [0.1, 0.15) is 6.42 Å². The number of phenolic OH excluding ortho intramolecular Hbond substituents is 1. The second-order valence-corrected chi connectivity index (χ2v) is 6.07. The standard InChI is InChI=1S/C18H18FN5O2/c19-14-11-20-8-6-17(14)26-18-5-4-15(22-23-18)13-3-2-12(10-16(13)25)24-9-1-7-21-24/h1-5,7,9-10,14,17,20,25H,6,8,11H2. The van der Waals surface area contributed by atoms with Gasteiger partial charge in [0.05, 0.1) is 11.4 Å². The molecule has 1 aromatic carbocycles. The van der Waals surface area contributed by atoms with Gasteiger partial charge in [-0.3, -0.25) is 0 Å². The molecule has 1 fully saturated rings. The molecule has 4 rings (SSSR count). The first kappa shape index (κ1) is 16.5. The van der Waals surface area contributed by atoms with Gasteiger partial charge in [0.1, 0.15) is 18.0 Å². The number of alkyl halides is 1. The van der Waals surface area contributed by atoms with Crippen molar-refractivity contribution in [2.24, 2.45) is 0 Å². The Labute approximate surface area is 149 Å². The van der Waals surface area contributed by atoms with Gasteiger partial charge in [-0.05, 0) is 37.2 Å². The topological polar surface area (TPSA) is 85.1 Å². The molecule has 3 aromatic rings. The summed E-state index contributed by atoms with van der Waals surface area (Å²) in [4.78, 5) is 0. The number of nitrogens with one attached hydrogen (secondary N) is 1. The summed E-state index contributed by atoms with van der Waals surface area (Å²) in [6.07, 6.45) is 2.46. The van der Waals surface area contributed by atoms with Crippen LogP contribution in [0.15, 0.2) is 48.8 Å². The summed E-state index contributed by atoms with van der Waals surface area (Å²) in [5, 5.41) is 25.5. The van der Waals surface area contributed by atoms with Gasteiger partial charge in [-0.15, -0.1) is 10.2 Å². The molecule has 0 amide bonds. The van der Waals surface area contributed by atoms with Crippen molar-refractivity contribution < 1.29 is 14.2 Å². The Hall–Kier alpha value is -3.00. The third-order valence-electron chi connectivity index (χ3n) is 4.29. The van der Waals surface area contributed by atoms with Crippen molar-refractivity contribution in [1.82, 2.24) is 25.3 Å². The fourth-order valence-electron chi connectivity index (χ4n) is 2.91. The van der Waals surface area contributed by atoms with E-state index in [0.29, 0.717) is 24.2 Å². The lowest BCUT2D eigenvalue weighted by molar-refractivity contribution is 0.0685. The largest absolute Gasteiger partial charge is 0.507 e. The highest BCUT2D eigenvalue weighted by Crippen LogP contribution is 2.30. The van der Waals surface area contributed by atoms with Gasteiger partial charge in [-0.25, -0.2) is 9.07 Å². The zero-order valence-corrected chi connectivity index (χ0v) is 13.9. The van der Waals surface area contributed by atoms with Crippen LogP contribution in [0.4, 0.5) is 4.39 Å². The first-order valence-corrected chi connectivity index (χ1v) is 8.39. The van der Waals surface area contributed by atoms with Gasteiger partial charge >= 0.3 is 0 Å². The first-order valence-electron chi connectivity index (χ1n) is 8.39. The van der Waals surface area contributed by atoms with Crippen molar-refractivity contribution >= 4 is 0 Å². The molecule has 8 heteroatoms. The van der Waals surface area contributed by atoms with Crippen molar-refractivity contribution in [3.8, 4) is 28.6 Å². The molecule has 0 bridgehead atoms. The number of aromatic nitrogens is 4. The van der Waals surface area contributed by atoms with E-state index in [4.69, 9.17) is 4.74 Å². The summed E-state index contributed by atoms with van der Waals surface area (Å²) in [7, 11) is 0. The van der Waals surface area contributed by atoms with Crippen LogP contribution in [0.5, 0.6) is 11.6 Å². The number of aromatic hydroxyl groups is 1. The van der Waals surface area contributed by atoms with Gasteiger partial charge in [0.25, 0.3) is 0 Å². The Morgan fingerprint density at radius 3 is 2.85 bits per heavy atom. The van der Waals surface area contributed by atoms with Crippen molar-refractivity contribution in [2.45, 2.75) is 18.7 Å². The summed E-state index contributed by atoms with van der Waals surface area (Å²) in [6.45, 7) is 1.000. The molecule has 1 aliphatic heterocycles. The number of piperidine rings is 1. The van der Waals surface area contributed by atoms with E-state index in [-0.39, 0.29) is 18.2 Å². The number of ether oxygens (including phenoxy) is 1. The quantitative estimate of drug-likeness (QED) is 0.746. The Kier molecular flexibility index (Phi) is 4.49. The molecule has 0 aliphatic carbocycles. The predicted molar refractivity (Wildman–Crippen MR) is 93.1 cm³/mol. The zero-order chi connectivity index (χ0) is 17.9. The van der Waals surface area contributed by atoms with E-state index in [1.165, 1.54) is 0 Å². The van der Waals surface area contributed by atoms with Crippen molar-refractivity contribution in [1.29, 1.82) is 0 Å². The lowest BCUT2D eigenvalue weighted by Gasteiger charge is -2.26. The minimum absolute atomic E-state index is 0.0724. The number of hydrogen-bond acceptors (Lipinski definition) is 6. The SMILES string of the molecule is Oc1cc(-n2cccn2)ccc1-c1ccc(OC2CCNCC2F)nn1. The Balaban J connectivity index is 1.51. The number of benzene rings is 1. The maximum Gasteiger partial charge on any atom is 0.233 e. The Morgan fingerprint density at radius 2 is 2.15 bits per heavy atom. The fraction of sp³-hybridized carbons (Fsp3) is 0.278. The third kappa shape index (κ3) is 3.36. The summed E-state index contributed by atoms with van der Waals surface area (Å²) in [5.41, 5.74) is 1.79. The molecule has 1 saturated heterocycles. The highest BCUT2D eigenvalue weighted by molar-refractivity contribution is 5.68. The number of hydrogen-bond donors (Lipinski definition) is 2. The molecule has 7 nitrogen and oxygen atoms in total. The molecule has 2 aromatic heterocycles. The third-order valence-corrected chi connectivity index (χ3v) is 4.29. The van der Waals surface area contributed by atoms with Gasteiger partial charge < -0.3 is 15.2 Å². The predicted octanol–water partition coefficient (Wildman–Crippen LogP) is 2.11. The van der Waals surface area contributed by atoms with E-state index in [1.807, 2.05) is 6.07 Å². The van der Waals surface area contributed by atoms with Crippen molar-refractivity contribution in [2.75, 3.05) is 13.1 Å². The number of nitrogens with zero attached hydrogens (tertiary/aromatic N) is 4. The average Bonchev–Trinajstić information content (AvgIpc) is 3.19. The van der Waals surface area contributed by atoms with Crippen LogP contribution in [-0.2, 0) is 0 Å². The summed E-state index contributed by atoms with van der Waals surface area (Å²) < 4.78 is 21.1. The van der Waals surface area contributed by atoms with E-state index < -0.39 is 12.3 Å². The molecule has 0 radical (unpaired) electrons. The molecular weight excluding hydrogens is 337 g/mol. The molecule has 26 heavy (non-hydrogen) atoms. The summed E-state index contributed by atoms with van der Waals surface area (Å²) in [6, 6.07) is 10.3. The molecule has 2 atom stereocenters. The second-order valence-electron chi connectivity index (χ2n) is 6.07. The van der Waals surface area contributed by atoms with Gasteiger partial charge in [-0.1, -0.05) is 0 Å². The molecule has 2 unspecified atom stereocenters. The van der Waals surface area contributed by atoms with E-state index in [1.54, 1.807) is 47.4 Å². The lowest BCUT2D eigenvalue weighted by atomic mass is 10.1. The molecule has 0 saturated carbocycles. The molecule has 0 spiro atoms. The molecule has 134 valence electrons.